The van der Waals surface area contributed by atoms with E-state index in [9.17, 15) is 4.79 Å². The van der Waals surface area contributed by atoms with Gasteiger partial charge in [-0.15, -0.1) is 4.37 Å². The Morgan fingerprint density at radius 3 is 2.50 bits per heavy atom. The smallest absolute Gasteiger partial charge is 0.388 e. The van der Waals surface area contributed by atoms with Crippen LogP contribution in [0.15, 0.2) is 24.3 Å². The highest BCUT2D eigenvalue weighted by molar-refractivity contribution is 6.99. The molecule has 0 aliphatic carbocycles. The summed E-state index contributed by atoms with van der Waals surface area (Å²) in [5, 5.41) is 0. The SMILES string of the molecule is Cc1ccc(-c2nsnc2OC(=O)N(C)C)cc1. The van der Waals surface area contributed by atoms with E-state index < -0.39 is 6.09 Å². The number of carbonyl (C=O) groups excluding carboxylic acids is 1. The van der Waals surface area contributed by atoms with Crippen LogP contribution in [0.1, 0.15) is 5.56 Å². The molecule has 1 heterocycles. The molecule has 94 valence electrons. The number of aryl methyl sites for hydroxylation is 1. The van der Waals surface area contributed by atoms with Crippen LogP contribution in [0.5, 0.6) is 5.88 Å². The number of ether oxygens (including phenoxy) is 1. The highest BCUT2D eigenvalue weighted by Gasteiger charge is 2.16. The normalized spacial score (nSPS) is 10.2. The number of hydrogen-bond donors (Lipinski definition) is 0. The number of nitrogens with zero attached hydrogens (tertiary/aromatic N) is 3. The highest BCUT2D eigenvalue weighted by atomic mass is 32.1. The van der Waals surface area contributed by atoms with Gasteiger partial charge in [0.1, 0.15) is 5.69 Å². The molecule has 1 aromatic heterocycles. The molecule has 0 aliphatic heterocycles. The Labute approximate surface area is 109 Å². The molecule has 2 aromatic rings. The lowest BCUT2D eigenvalue weighted by molar-refractivity contribution is 0.170. The Balaban J connectivity index is 2.27. The fourth-order valence-electron chi connectivity index (χ4n) is 1.31. The second kappa shape index (κ2) is 5.14. The second-order valence-electron chi connectivity index (χ2n) is 4.05. The fraction of sp³-hybridized carbons (Fsp3) is 0.250. The maximum absolute atomic E-state index is 11.5. The minimum atomic E-state index is -0.462. The van der Waals surface area contributed by atoms with Crippen LogP contribution in [0.4, 0.5) is 4.79 Å². The molecule has 0 bridgehead atoms. The van der Waals surface area contributed by atoms with Gasteiger partial charge in [0.2, 0.25) is 0 Å². The van der Waals surface area contributed by atoms with E-state index in [1.165, 1.54) is 4.90 Å². The second-order valence-corrected chi connectivity index (χ2v) is 4.57. The number of rotatable bonds is 2. The first-order valence-electron chi connectivity index (χ1n) is 5.36. The van der Waals surface area contributed by atoms with Crippen LogP contribution in [0.3, 0.4) is 0 Å². The summed E-state index contributed by atoms with van der Waals surface area (Å²) in [6, 6.07) is 7.82. The minimum absolute atomic E-state index is 0.252. The molecule has 0 saturated heterocycles. The summed E-state index contributed by atoms with van der Waals surface area (Å²) in [6.07, 6.45) is -0.462. The molecule has 0 radical (unpaired) electrons. The standard InChI is InChI=1S/C12H13N3O2S/c1-8-4-6-9(7-5-8)10-11(14-18-13-10)17-12(16)15(2)3/h4-7H,1-3H3. The number of hydrogen-bond acceptors (Lipinski definition) is 5. The topological polar surface area (TPSA) is 55.3 Å². The quantitative estimate of drug-likeness (QED) is 0.835. The van der Waals surface area contributed by atoms with Gasteiger partial charge in [-0.1, -0.05) is 29.8 Å². The lowest BCUT2D eigenvalue weighted by atomic mass is 10.1. The summed E-state index contributed by atoms with van der Waals surface area (Å²) in [6.45, 7) is 2.01. The van der Waals surface area contributed by atoms with E-state index >= 15 is 0 Å². The van der Waals surface area contributed by atoms with Crippen molar-refractivity contribution in [3.8, 4) is 17.1 Å². The lowest BCUT2D eigenvalue weighted by Gasteiger charge is -2.09. The van der Waals surface area contributed by atoms with Crippen molar-refractivity contribution >= 4 is 17.8 Å². The molecule has 6 heteroatoms. The molecule has 0 spiro atoms. The van der Waals surface area contributed by atoms with E-state index in [-0.39, 0.29) is 5.88 Å². The van der Waals surface area contributed by atoms with Crippen molar-refractivity contribution in [3.63, 3.8) is 0 Å². The Morgan fingerprint density at radius 2 is 1.89 bits per heavy atom. The van der Waals surface area contributed by atoms with E-state index in [1.54, 1.807) is 14.1 Å². The summed E-state index contributed by atoms with van der Waals surface area (Å²) < 4.78 is 13.3. The largest absolute Gasteiger partial charge is 0.416 e. The summed E-state index contributed by atoms with van der Waals surface area (Å²) >= 11 is 1.02. The Morgan fingerprint density at radius 1 is 1.22 bits per heavy atom. The third kappa shape index (κ3) is 2.65. The monoisotopic (exact) mass is 263 g/mol. The van der Waals surface area contributed by atoms with Crippen molar-refractivity contribution in [1.29, 1.82) is 0 Å². The van der Waals surface area contributed by atoms with Crippen LogP contribution in [0.25, 0.3) is 11.3 Å². The average molecular weight is 263 g/mol. The first kappa shape index (κ1) is 12.5. The third-order valence-corrected chi connectivity index (χ3v) is 2.84. The molecule has 18 heavy (non-hydrogen) atoms. The summed E-state index contributed by atoms with van der Waals surface area (Å²) in [7, 11) is 3.24. The zero-order valence-electron chi connectivity index (χ0n) is 10.4. The van der Waals surface area contributed by atoms with Crippen molar-refractivity contribution in [1.82, 2.24) is 13.6 Å². The molecular weight excluding hydrogens is 250 g/mol. The molecule has 0 aliphatic rings. The van der Waals surface area contributed by atoms with Gasteiger partial charge in [-0.25, -0.2) is 4.79 Å². The molecule has 0 saturated carbocycles. The van der Waals surface area contributed by atoms with Gasteiger partial charge >= 0.3 is 6.09 Å². The van der Waals surface area contributed by atoms with E-state index in [0.717, 1.165) is 22.9 Å². The lowest BCUT2D eigenvalue weighted by Crippen LogP contribution is -2.25. The van der Waals surface area contributed by atoms with Crippen LogP contribution in [0, 0.1) is 6.92 Å². The highest BCUT2D eigenvalue weighted by Crippen LogP contribution is 2.28. The Kier molecular flexibility index (Phi) is 3.57. The predicted octanol–water partition coefficient (Wildman–Crippen LogP) is 2.57. The Hall–Kier alpha value is -1.95. The van der Waals surface area contributed by atoms with Gasteiger partial charge in [0, 0.05) is 19.7 Å². The zero-order chi connectivity index (χ0) is 13.1. The first-order valence-corrected chi connectivity index (χ1v) is 6.09. The van der Waals surface area contributed by atoms with Gasteiger partial charge in [-0.3, -0.25) is 0 Å². The molecule has 0 atom stereocenters. The predicted molar refractivity (Wildman–Crippen MR) is 69.8 cm³/mol. The molecule has 5 nitrogen and oxygen atoms in total. The fourth-order valence-corrected chi connectivity index (χ4v) is 1.81. The molecular formula is C12H13N3O2S. The van der Waals surface area contributed by atoms with Crippen molar-refractivity contribution in [2.75, 3.05) is 14.1 Å². The third-order valence-electron chi connectivity index (χ3n) is 2.33. The van der Waals surface area contributed by atoms with Crippen molar-refractivity contribution in [3.05, 3.63) is 29.8 Å². The van der Waals surface area contributed by atoms with Gasteiger partial charge in [0.15, 0.2) is 0 Å². The van der Waals surface area contributed by atoms with Crippen molar-refractivity contribution < 1.29 is 9.53 Å². The molecule has 0 fully saturated rings. The van der Waals surface area contributed by atoms with Gasteiger partial charge in [0.05, 0.1) is 11.7 Å². The zero-order valence-corrected chi connectivity index (χ0v) is 11.2. The van der Waals surface area contributed by atoms with E-state index in [1.807, 2.05) is 31.2 Å². The Bertz CT molecular complexity index is 549. The van der Waals surface area contributed by atoms with Crippen molar-refractivity contribution in [2.45, 2.75) is 6.92 Å². The van der Waals surface area contributed by atoms with Gasteiger partial charge in [0.25, 0.3) is 5.88 Å². The maximum Gasteiger partial charge on any atom is 0.416 e. The molecule has 1 amide bonds. The van der Waals surface area contributed by atoms with Crippen LogP contribution < -0.4 is 4.74 Å². The van der Waals surface area contributed by atoms with Gasteiger partial charge < -0.3 is 9.64 Å². The van der Waals surface area contributed by atoms with Crippen LogP contribution in [-0.4, -0.2) is 33.8 Å². The number of aromatic nitrogens is 2. The number of benzene rings is 1. The average Bonchev–Trinajstić information content (AvgIpc) is 2.78. The van der Waals surface area contributed by atoms with E-state index in [2.05, 4.69) is 8.75 Å². The van der Waals surface area contributed by atoms with Gasteiger partial charge in [-0.05, 0) is 6.92 Å². The molecule has 2 rings (SSSR count). The number of amides is 1. The van der Waals surface area contributed by atoms with Gasteiger partial charge in [-0.2, -0.15) is 4.37 Å². The van der Waals surface area contributed by atoms with Crippen LogP contribution >= 0.6 is 11.7 Å². The molecule has 0 unspecified atom stereocenters. The first-order chi connectivity index (χ1) is 8.58. The minimum Gasteiger partial charge on any atom is -0.388 e. The van der Waals surface area contributed by atoms with Crippen molar-refractivity contribution in [2.24, 2.45) is 0 Å². The number of carbonyl (C=O) groups is 1. The maximum atomic E-state index is 11.5. The van der Waals surface area contributed by atoms with Crippen LogP contribution in [-0.2, 0) is 0 Å². The van der Waals surface area contributed by atoms with Crippen LogP contribution in [0.2, 0.25) is 0 Å². The van der Waals surface area contributed by atoms with E-state index in [4.69, 9.17) is 4.74 Å². The summed E-state index contributed by atoms with van der Waals surface area (Å²) in [5.41, 5.74) is 2.64. The summed E-state index contributed by atoms with van der Waals surface area (Å²) in [5.74, 6) is 0.252. The van der Waals surface area contributed by atoms with E-state index in [0.29, 0.717) is 5.69 Å². The summed E-state index contributed by atoms with van der Waals surface area (Å²) in [4.78, 5) is 12.8. The molecule has 0 N–H and O–H groups in total. The molecule has 1 aromatic carbocycles.